The average Bonchev–Trinajstić information content (AvgIpc) is 3.16. The molecule has 0 aliphatic rings. The summed E-state index contributed by atoms with van der Waals surface area (Å²) in [7, 11) is 5.95. The zero-order valence-electron chi connectivity index (χ0n) is 14.7. The van der Waals surface area contributed by atoms with Gasteiger partial charge in [-0.25, -0.2) is 4.39 Å². The van der Waals surface area contributed by atoms with Gasteiger partial charge in [0.2, 0.25) is 5.75 Å². The number of hydrogen-bond acceptors (Lipinski definition) is 7. The maximum absolute atomic E-state index is 14.1. The third-order valence-electron chi connectivity index (χ3n) is 3.77. The van der Waals surface area contributed by atoms with Gasteiger partial charge in [0.05, 0.1) is 34.1 Å². The summed E-state index contributed by atoms with van der Waals surface area (Å²) in [6.45, 7) is 0. The molecule has 0 unspecified atom stereocenters. The largest absolute Gasteiger partial charge is 0.494 e. The van der Waals surface area contributed by atoms with Crippen LogP contribution in [0.1, 0.15) is 0 Å². The lowest BCUT2D eigenvalue weighted by atomic mass is 10.2. The van der Waals surface area contributed by atoms with Gasteiger partial charge in [0, 0.05) is 17.7 Å². The minimum Gasteiger partial charge on any atom is -0.494 e. The van der Waals surface area contributed by atoms with Crippen molar-refractivity contribution in [1.82, 2.24) is 20.2 Å². The molecule has 1 aromatic heterocycles. The monoisotopic (exact) mass is 360 g/mol. The molecule has 0 fully saturated rings. The molecular formula is C17H17FN4O4. The number of nitrogens with zero attached hydrogens (tertiary/aromatic N) is 4. The van der Waals surface area contributed by atoms with E-state index in [1.807, 2.05) is 0 Å². The molecule has 3 aromatic rings. The maximum atomic E-state index is 14.1. The first-order valence-corrected chi connectivity index (χ1v) is 7.55. The molecule has 3 rings (SSSR count). The van der Waals surface area contributed by atoms with Crippen molar-refractivity contribution < 1.29 is 23.3 Å². The van der Waals surface area contributed by atoms with Crippen molar-refractivity contribution in [2.75, 3.05) is 28.4 Å². The highest BCUT2D eigenvalue weighted by atomic mass is 19.1. The fourth-order valence-corrected chi connectivity index (χ4v) is 2.54. The molecule has 26 heavy (non-hydrogen) atoms. The Bertz CT molecular complexity index is 904. The highest BCUT2D eigenvalue weighted by Crippen LogP contribution is 2.39. The van der Waals surface area contributed by atoms with Crippen molar-refractivity contribution in [3.05, 3.63) is 36.1 Å². The molecule has 0 saturated carbocycles. The quantitative estimate of drug-likeness (QED) is 0.668. The zero-order chi connectivity index (χ0) is 18.7. The van der Waals surface area contributed by atoms with Gasteiger partial charge < -0.3 is 18.9 Å². The van der Waals surface area contributed by atoms with Gasteiger partial charge in [0.1, 0.15) is 0 Å². The standard InChI is InChI=1S/C17H17FN4O4/c1-23-13-6-5-10(7-12(13)18)17-19-20-21-22(17)11-8-14(24-2)16(26-4)15(9-11)25-3/h5-9H,1-4H3. The molecular weight excluding hydrogens is 343 g/mol. The van der Waals surface area contributed by atoms with Gasteiger partial charge in [-0.1, -0.05) is 0 Å². The fraction of sp³-hybridized carbons (Fsp3) is 0.235. The van der Waals surface area contributed by atoms with E-state index in [1.54, 1.807) is 18.2 Å². The van der Waals surface area contributed by atoms with Gasteiger partial charge >= 0.3 is 0 Å². The Morgan fingerprint density at radius 1 is 0.846 bits per heavy atom. The van der Waals surface area contributed by atoms with Gasteiger partial charge in [-0.3, -0.25) is 0 Å². The predicted octanol–water partition coefficient (Wildman–Crippen LogP) is 2.50. The van der Waals surface area contributed by atoms with E-state index in [4.69, 9.17) is 18.9 Å². The zero-order valence-corrected chi connectivity index (χ0v) is 14.7. The van der Waals surface area contributed by atoms with Crippen molar-refractivity contribution in [3.63, 3.8) is 0 Å². The van der Waals surface area contributed by atoms with Gasteiger partial charge in [0.15, 0.2) is 28.9 Å². The number of aromatic nitrogens is 4. The number of halogens is 1. The van der Waals surface area contributed by atoms with Crippen LogP contribution < -0.4 is 18.9 Å². The van der Waals surface area contributed by atoms with Crippen LogP contribution in [0.4, 0.5) is 4.39 Å². The first kappa shape index (κ1) is 17.5. The first-order valence-electron chi connectivity index (χ1n) is 7.55. The van der Waals surface area contributed by atoms with Crippen molar-refractivity contribution in [2.24, 2.45) is 0 Å². The average molecular weight is 360 g/mol. The molecule has 1 heterocycles. The lowest BCUT2D eigenvalue weighted by Crippen LogP contribution is -2.03. The second-order valence-corrected chi connectivity index (χ2v) is 5.15. The SMILES string of the molecule is COc1ccc(-c2nnnn2-c2cc(OC)c(OC)c(OC)c2)cc1F. The minimum absolute atomic E-state index is 0.139. The number of hydrogen-bond donors (Lipinski definition) is 0. The first-order chi connectivity index (χ1) is 12.6. The summed E-state index contributed by atoms with van der Waals surface area (Å²) in [5.41, 5.74) is 1.05. The van der Waals surface area contributed by atoms with Crippen LogP contribution in [0.2, 0.25) is 0 Å². The van der Waals surface area contributed by atoms with E-state index >= 15 is 0 Å². The van der Waals surface area contributed by atoms with Gasteiger partial charge in [-0.2, -0.15) is 4.68 Å². The van der Waals surface area contributed by atoms with E-state index in [0.717, 1.165) is 0 Å². The molecule has 136 valence electrons. The highest BCUT2D eigenvalue weighted by Gasteiger charge is 2.18. The Labute approximate surface area is 149 Å². The van der Waals surface area contributed by atoms with Crippen LogP contribution in [0.25, 0.3) is 17.1 Å². The smallest absolute Gasteiger partial charge is 0.203 e. The van der Waals surface area contributed by atoms with Crippen LogP contribution in [0.15, 0.2) is 30.3 Å². The molecule has 2 aromatic carbocycles. The van der Waals surface area contributed by atoms with Crippen LogP contribution in [-0.2, 0) is 0 Å². The molecule has 0 aliphatic carbocycles. The summed E-state index contributed by atoms with van der Waals surface area (Å²) in [6.07, 6.45) is 0. The Morgan fingerprint density at radius 2 is 1.50 bits per heavy atom. The summed E-state index contributed by atoms with van der Waals surface area (Å²) in [6, 6.07) is 7.88. The predicted molar refractivity (Wildman–Crippen MR) is 90.8 cm³/mol. The molecule has 0 bridgehead atoms. The van der Waals surface area contributed by atoms with Crippen molar-refractivity contribution in [2.45, 2.75) is 0 Å². The lowest BCUT2D eigenvalue weighted by Gasteiger charge is -2.14. The van der Waals surface area contributed by atoms with E-state index in [0.29, 0.717) is 34.3 Å². The van der Waals surface area contributed by atoms with Crippen LogP contribution in [0.5, 0.6) is 23.0 Å². The normalized spacial score (nSPS) is 10.5. The summed E-state index contributed by atoms with van der Waals surface area (Å²) < 4.78 is 36.5. The summed E-state index contributed by atoms with van der Waals surface area (Å²) in [5, 5.41) is 11.7. The topological polar surface area (TPSA) is 80.5 Å². The molecule has 0 amide bonds. The van der Waals surface area contributed by atoms with E-state index < -0.39 is 5.82 Å². The van der Waals surface area contributed by atoms with Crippen LogP contribution in [0.3, 0.4) is 0 Å². The molecule has 9 heteroatoms. The molecule has 0 radical (unpaired) electrons. The summed E-state index contributed by atoms with van der Waals surface area (Å²) in [4.78, 5) is 0. The number of ether oxygens (including phenoxy) is 4. The van der Waals surface area contributed by atoms with Crippen molar-refractivity contribution >= 4 is 0 Å². The van der Waals surface area contributed by atoms with Crippen molar-refractivity contribution in [3.8, 4) is 40.1 Å². The maximum Gasteiger partial charge on any atom is 0.203 e. The van der Waals surface area contributed by atoms with Gasteiger partial charge in [-0.05, 0) is 28.6 Å². The Hall–Kier alpha value is -3.36. The number of rotatable bonds is 6. The van der Waals surface area contributed by atoms with E-state index in [-0.39, 0.29) is 5.75 Å². The van der Waals surface area contributed by atoms with E-state index in [9.17, 15) is 4.39 Å². The number of methoxy groups -OCH3 is 4. The molecule has 0 N–H and O–H groups in total. The van der Waals surface area contributed by atoms with E-state index in [2.05, 4.69) is 15.5 Å². The van der Waals surface area contributed by atoms with Crippen LogP contribution in [-0.4, -0.2) is 48.6 Å². The van der Waals surface area contributed by atoms with Crippen LogP contribution in [0, 0.1) is 5.82 Å². The van der Waals surface area contributed by atoms with Gasteiger partial charge in [0.25, 0.3) is 0 Å². The number of benzene rings is 2. The molecule has 0 spiro atoms. The Kier molecular flexibility index (Phi) is 4.87. The molecule has 0 atom stereocenters. The third kappa shape index (κ3) is 2.99. The lowest BCUT2D eigenvalue weighted by molar-refractivity contribution is 0.324. The minimum atomic E-state index is -0.510. The molecule has 0 aliphatic heterocycles. The number of tetrazole rings is 1. The van der Waals surface area contributed by atoms with Crippen LogP contribution >= 0.6 is 0 Å². The summed E-state index contributed by atoms with van der Waals surface area (Å²) in [5.74, 6) is 1.32. The molecule has 0 saturated heterocycles. The second-order valence-electron chi connectivity index (χ2n) is 5.15. The second kappa shape index (κ2) is 7.26. The molecule has 8 nitrogen and oxygen atoms in total. The Balaban J connectivity index is 2.13. The van der Waals surface area contributed by atoms with E-state index in [1.165, 1.54) is 45.3 Å². The van der Waals surface area contributed by atoms with Crippen molar-refractivity contribution in [1.29, 1.82) is 0 Å². The van der Waals surface area contributed by atoms with Gasteiger partial charge in [-0.15, -0.1) is 5.10 Å². The Morgan fingerprint density at radius 3 is 2.04 bits per heavy atom. The third-order valence-corrected chi connectivity index (χ3v) is 3.77. The fourth-order valence-electron chi connectivity index (χ4n) is 2.54. The summed E-state index contributed by atoms with van der Waals surface area (Å²) >= 11 is 0. The highest BCUT2D eigenvalue weighted by molar-refractivity contribution is 5.62.